The van der Waals surface area contributed by atoms with Gasteiger partial charge in [-0.2, -0.15) is 0 Å². The minimum absolute atomic E-state index is 0.0185. The van der Waals surface area contributed by atoms with Crippen molar-refractivity contribution in [1.82, 2.24) is 4.98 Å². The van der Waals surface area contributed by atoms with E-state index in [2.05, 4.69) is 10.3 Å². The number of nitrogens with zero attached hydrogens (tertiary/aromatic N) is 1. The van der Waals surface area contributed by atoms with Crippen LogP contribution in [0.15, 0.2) is 42.6 Å². The number of aromatic hydroxyl groups is 1. The van der Waals surface area contributed by atoms with Gasteiger partial charge in [0.2, 0.25) is 5.88 Å². The molecule has 0 radical (unpaired) electrons. The van der Waals surface area contributed by atoms with Crippen LogP contribution in [0.4, 0.5) is 5.69 Å². The minimum Gasteiger partial charge on any atom is -0.506 e. The predicted octanol–water partition coefficient (Wildman–Crippen LogP) is 2.21. The molecule has 1 aromatic heterocycles. The third-order valence-electron chi connectivity index (χ3n) is 3.33. The molecule has 2 aromatic rings. The predicted molar refractivity (Wildman–Crippen MR) is 80.1 cm³/mol. The van der Waals surface area contributed by atoms with Gasteiger partial charge >= 0.3 is 0 Å². The smallest absolute Gasteiger partial charge is 0.257 e. The van der Waals surface area contributed by atoms with E-state index in [1.807, 2.05) is 0 Å². The van der Waals surface area contributed by atoms with Gasteiger partial charge in [0.1, 0.15) is 11.9 Å². The Bertz CT molecular complexity index is 651. The number of aromatic nitrogens is 1. The van der Waals surface area contributed by atoms with Gasteiger partial charge in [0.15, 0.2) is 0 Å². The Balaban J connectivity index is 1.64. The second kappa shape index (κ2) is 6.44. The highest BCUT2D eigenvalue weighted by atomic mass is 16.5. The SMILES string of the molecule is O=C(Nc1ccccc1O)c1ccc(OC2CCOC2)nc1. The normalized spacial score (nSPS) is 17.2. The van der Waals surface area contributed by atoms with Crippen LogP contribution < -0.4 is 10.1 Å². The van der Waals surface area contributed by atoms with Crippen molar-refractivity contribution in [2.24, 2.45) is 0 Å². The number of phenolic OH excluding ortho intramolecular Hbond substituents is 1. The molecule has 0 saturated carbocycles. The number of rotatable bonds is 4. The van der Waals surface area contributed by atoms with Crippen LogP contribution in [0.1, 0.15) is 16.8 Å². The Morgan fingerprint density at radius 3 is 2.86 bits per heavy atom. The first-order chi connectivity index (χ1) is 10.7. The Morgan fingerprint density at radius 2 is 2.18 bits per heavy atom. The minimum atomic E-state index is -0.343. The standard InChI is InChI=1S/C16H16N2O4/c19-14-4-2-1-3-13(14)18-16(20)11-5-6-15(17-9-11)22-12-7-8-21-10-12/h1-6,9,12,19H,7-8,10H2,(H,18,20). The Labute approximate surface area is 127 Å². The number of hydrogen-bond acceptors (Lipinski definition) is 5. The monoisotopic (exact) mass is 300 g/mol. The number of hydrogen-bond donors (Lipinski definition) is 2. The lowest BCUT2D eigenvalue weighted by atomic mass is 10.2. The second-order valence-corrected chi connectivity index (χ2v) is 4.96. The molecule has 22 heavy (non-hydrogen) atoms. The molecule has 1 aliphatic rings. The summed E-state index contributed by atoms with van der Waals surface area (Å²) in [5.41, 5.74) is 0.745. The number of carbonyl (C=O) groups excluding carboxylic acids is 1. The number of ether oxygens (including phenoxy) is 2. The summed E-state index contributed by atoms with van der Waals surface area (Å²) in [6.07, 6.45) is 2.31. The van der Waals surface area contributed by atoms with Crippen molar-refractivity contribution >= 4 is 11.6 Å². The number of benzene rings is 1. The zero-order valence-corrected chi connectivity index (χ0v) is 11.9. The lowest BCUT2D eigenvalue weighted by Crippen LogP contribution is -2.17. The maximum Gasteiger partial charge on any atom is 0.257 e. The molecule has 1 fully saturated rings. The fourth-order valence-corrected chi connectivity index (χ4v) is 2.13. The van der Waals surface area contributed by atoms with E-state index in [4.69, 9.17) is 9.47 Å². The van der Waals surface area contributed by atoms with Crippen molar-refractivity contribution < 1.29 is 19.4 Å². The van der Waals surface area contributed by atoms with Gasteiger partial charge in [-0.3, -0.25) is 4.79 Å². The van der Waals surface area contributed by atoms with Crippen molar-refractivity contribution in [3.63, 3.8) is 0 Å². The van der Waals surface area contributed by atoms with Crippen molar-refractivity contribution in [3.05, 3.63) is 48.2 Å². The van der Waals surface area contributed by atoms with Crippen LogP contribution in [0.3, 0.4) is 0 Å². The third-order valence-corrected chi connectivity index (χ3v) is 3.33. The summed E-state index contributed by atoms with van der Waals surface area (Å²) < 4.78 is 10.9. The highest BCUT2D eigenvalue weighted by molar-refractivity contribution is 6.04. The van der Waals surface area contributed by atoms with Gasteiger partial charge in [0, 0.05) is 18.7 Å². The zero-order valence-electron chi connectivity index (χ0n) is 11.9. The molecule has 2 N–H and O–H groups in total. The van der Waals surface area contributed by atoms with Gasteiger partial charge in [0.25, 0.3) is 5.91 Å². The summed E-state index contributed by atoms with van der Waals surface area (Å²) in [6, 6.07) is 9.83. The number of anilines is 1. The average Bonchev–Trinajstić information content (AvgIpc) is 3.03. The molecule has 0 bridgehead atoms. The third kappa shape index (κ3) is 3.35. The van der Waals surface area contributed by atoms with Crippen LogP contribution in [0.5, 0.6) is 11.6 Å². The van der Waals surface area contributed by atoms with Crippen molar-refractivity contribution in [3.8, 4) is 11.6 Å². The topological polar surface area (TPSA) is 80.7 Å². The van der Waals surface area contributed by atoms with Crippen LogP contribution in [0.25, 0.3) is 0 Å². The Morgan fingerprint density at radius 1 is 1.32 bits per heavy atom. The number of pyridine rings is 1. The van der Waals surface area contributed by atoms with Crippen molar-refractivity contribution in [1.29, 1.82) is 0 Å². The largest absolute Gasteiger partial charge is 0.506 e. The van der Waals surface area contributed by atoms with E-state index >= 15 is 0 Å². The molecule has 1 atom stereocenters. The summed E-state index contributed by atoms with van der Waals surface area (Å²) in [7, 11) is 0. The van der Waals surface area contributed by atoms with Gasteiger partial charge in [-0.05, 0) is 18.2 Å². The summed E-state index contributed by atoms with van der Waals surface area (Å²) in [6.45, 7) is 1.27. The van der Waals surface area contributed by atoms with Crippen LogP contribution in [0, 0.1) is 0 Å². The first-order valence-corrected chi connectivity index (χ1v) is 7.02. The summed E-state index contributed by atoms with van der Waals surface area (Å²) in [5, 5.41) is 12.3. The number of nitrogens with one attached hydrogen (secondary N) is 1. The molecule has 114 valence electrons. The Hall–Kier alpha value is -2.60. The van der Waals surface area contributed by atoms with Gasteiger partial charge in [0.05, 0.1) is 24.5 Å². The quantitative estimate of drug-likeness (QED) is 0.846. The van der Waals surface area contributed by atoms with Gasteiger partial charge in [-0.25, -0.2) is 4.98 Å². The summed E-state index contributed by atoms with van der Waals surface area (Å²) >= 11 is 0. The molecular formula is C16H16N2O4. The van der Waals surface area contributed by atoms with E-state index in [0.717, 1.165) is 6.42 Å². The molecule has 0 aliphatic carbocycles. The van der Waals surface area contributed by atoms with E-state index in [0.29, 0.717) is 30.3 Å². The fourth-order valence-electron chi connectivity index (χ4n) is 2.13. The average molecular weight is 300 g/mol. The molecule has 0 spiro atoms. The molecule has 1 aliphatic heterocycles. The first-order valence-electron chi connectivity index (χ1n) is 7.02. The molecule has 3 rings (SSSR count). The molecular weight excluding hydrogens is 284 g/mol. The van der Waals surface area contributed by atoms with Gasteiger partial charge in [-0.15, -0.1) is 0 Å². The molecule has 6 heteroatoms. The summed E-state index contributed by atoms with van der Waals surface area (Å²) in [4.78, 5) is 16.2. The van der Waals surface area contributed by atoms with E-state index in [9.17, 15) is 9.90 Å². The van der Waals surface area contributed by atoms with Crippen LogP contribution in [0.2, 0.25) is 0 Å². The van der Waals surface area contributed by atoms with E-state index in [1.165, 1.54) is 12.3 Å². The lowest BCUT2D eigenvalue weighted by molar-refractivity contribution is 0.102. The number of amides is 1. The van der Waals surface area contributed by atoms with E-state index in [1.54, 1.807) is 30.3 Å². The van der Waals surface area contributed by atoms with Crippen molar-refractivity contribution in [2.75, 3.05) is 18.5 Å². The Kier molecular flexibility index (Phi) is 4.20. The molecule has 1 aromatic carbocycles. The molecule has 1 amide bonds. The first kappa shape index (κ1) is 14.3. The van der Waals surface area contributed by atoms with E-state index < -0.39 is 0 Å². The number of carbonyl (C=O) groups is 1. The molecule has 2 heterocycles. The van der Waals surface area contributed by atoms with Crippen LogP contribution >= 0.6 is 0 Å². The van der Waals surface area contributed by atoms with E-state index in [-0.39, 0.29) is 17.8 Å². The van der Waals surface area contributed by atoms with Crippen molar-refractivity contribution in [2.45, 2.75) is 12.5 Å². The number of para-hydroxylation sites is 2. The van der Waals surface area contributed by atoms with Crippen LogP contribution in [-0.2, 0) is 4.74 Å². The number of phenols is 1. The molecule has 1 saturated heterocycles. The summed E-state index contributed by atoms with van der Waals surface area (Å²) in [5.74, 6) is 0.143. The molecule has 6 nitrogen and oxygen atoms in total. The lowest BCUT2D eigenvalue weighted by Gasteiger charge is -2.11. The van der Waals surface area contributed by atoms with Gasteiger partial charge in [-0.1, -0.05) is 12.1 Å². The highest BCUT2D eigenvalue weighted by Crippen LogP contribution is 2.22. The second-order valence-electron chi connectivity index (χ2n) is 4.96. The fraction of sp³-hybridized carbons (Fsp3) is 0.250. The maximum atomic E-state index is 12.1. The zero-order chi connectivity index (χ0) is 15.4. The van der Waals surface area contributed by atoms with Crippen LogP contribution in [-0.4, -0.2) is 35.3 Å². The molecule has 1 unspecified atom stereocenters. The maximum absolute atomic E-state index is 12.1. The van der Waals surface area contributed by atoms with Gasteiger partial charge < -0.3 is 19.9 Å². The highest BCUT2D eigenvalue weighted by Gasteiger charge is 2.18.